The van der Waals surface area contributed by atoms with E-state index in [2.05, 4.69) is 34.0 Å². The molecule has 2 rings (SSSR count). The summed E-state index contributed by atoms with van der Waals surface area (Å²) in [6, 6.07) is 9.03. The Balaban J connectivity index is 2.20. The minimum Gasteiger partial charge on any atom is -0.465 e. The first-order valence-corrected chi connectivity index (χ1v) is 8.63. The van der Waals surface area contributed by atoms with Crippen LogP contribution in [0.5, 0.6) is 0 Å². The van der Waals surface area contributed by atoms with Gasteiger partial charge >= 0.3 is 5.97 Å². The van der Waals surface area contributed by atoms with E-state index in [0.717, 1.165) is 49.1 Å². The molecule has 0 aliphatic carbocycles. The van der Waals surface area contributed by atoms with E-state index >= 15 is 0 Å². The first kappa shape index (κ1) is 18.7. The number of esters is 1. The third kappa shape index (κ3) is 5.17. The van der Waals surface area contributed by atoms with Crippen LogP contribution in [0.2, 0.25) is 0 Å². The average Bonchev–Trinajstić information content (AvgIpc) is 2.61. The number of aryl methyl sites for hydroxylation is 1. The number of nitrogens with one attached hydrogen (secondary N) is 1. The lowest BCUT2D eigenvalue weighted by molar-refractivity contribution is 0.0601. The molecule has 0 fully saturated rings. The minimum atomic E-state index is -0.346. The van der Waals surface area contributed by atoms with E-state index in [1.165, 1.54) is 7.11 Å². The first-order chi connectivity index (χ1) is 12.1. The van der Waals surface area contributed by atoms with Gasteiger partial charge in [-0.05, 0) is 44.0 Å². The Morgan fingerprint density at radius 1 is 1.12 bits per heavy atom. The average molecular weight is 342 g/mol. The van der Waals surface area contributed by atoms with Gasteiger partial charge in [-0.2, -0.15) is 4.98 Å². The maximum Gasteiger partial charge on any atom is 0.337 e. The van der Waals surface area contributed by atoms with Gasteiger partial charge in [0.05, 0.1) is 12.7 Å². The Morgan fingerprint density at radius 2 is 1.76 bits per heavy atom. The highest BCUT2D eigenvalue weighted by Crippen LogP contribution is 2.19. The third-order valence-corrected chi connectivity index (χ3v) is 3.69. The standard InChI is InChI=1S/C19H26N4O2/c1-5-11-23(12-6-2)19-20-14(3)13-17(22-19)21-16-9-7-15(8-10-16)18(24)25-4/h7-10,13H,5-6,11-12H2,1-4H3,(H,20,21,22). The van der Waals surface area contributed by atoms with Crippen molar-refractivity contribution in [2.75, 3.05) is 30.4 Å². The summed E-state index contributed by atoms with van der Waals surface area (Å²) in [6.45, 7) is 8.14. The van der Waals surface area contributed by atoms with Crippen LogP contribution in [0.1, 0.15) is 42.7 Å². The van der Waals surface area contributed by atoms with Crippen molar-refractivity contribution >= 4 is 23.4 Å². The molecular weight excluding hydrogens is 316 g/mol. The Morgan fingerprint density at radius 3 is 2.32 bits per heavy atom. The van der Waals surface area contributed by atoms with Crippen LogP contribution in [0.25, 0.3) is 0 Å². The second-order valence-corrected chi connectivity index (χ2v) is 5.88. The summed E-state index contributed by atoms with van der Waals surface area (Å²) in [4.78, 5) is 22.9. The Bertz CT molecular complexity index is 695. The molecular formula is C19H26N4O2. The smallest absolute Gasteiger partial charge is 0.337 e. The molecule has 0 radical (unpaired) electrons. The Kier molecular flexibility index (Phi) is 6.74. The Labute approximate surface area is 149 Å². The van der Waals surface area contributed by atoms with Gasteiger partial charge in [-0.1, -0.05) is 13.8 Å². The summed E-state index contributed by atoms with van der Waals surface area (Å²) in [5.41, 5.74) is 2.29. The lowest BCUT2D eigenvalue weighted by Crippen LogP contribution is -2.27. The number of hydrogen-bond donors (Lipinski definition) is 1. The van der Waals surface area contributed by atoms with Gasteiger partial charge in [-0.25, -0.2) is 9.78 Å². The molecule has 0 bridgehead atoms. The van der Waals surface area contributed by atoms with Crippen molar-refractivity contribution < 1.29 is 9.53 Å². The van der Waals surface area contributed by atoms with Crippen molar-refractivity contribution in [2.45, 2.75) is 33.6 Å². The molecule has 25 heavy (non-hydrogen) atoms. The molecule has 1 aromatic carbocycles. The van der Waals surface area contributed by atoms with Crippen LogP contribution in [-0.2, 0) is 4.74 Å². The molecule has 0 saturated heterocycles. The van der Waals surface area contributed by atoms with E-state index in [0.29, 0.717) is 5.56 Å². The van der Waals surface area contributed by atoms with Gasteiger partial charge in [-0.3, -0.25) is 0 Å². The lowest BCUT2D eigenvalue weighted by Gasteiger charge is -2.22. The van der Waals surface area contributed by atoms with Gasteiger partial charge in [0.15, 0.2) is 0 Å². The quantitative estimate of drug-likeness (QED) is 0.733. The highest BCUT2D eigenvalue weighted by Gasteiger charge is 2.11. The van der Waals surface area contributed by atoms with Crippen molar-refractivity contribution in [3.63, 3.8) is 0 Å². The molecule has 2 aromatic rings. The van der Waals surface area contributed by atoms with Gasteiger partial charge in [0.2, 0.25) is 5.95 Å². The zero-order valence-corrected chi connectivity index (χ0v) is 15.4. The second kappa shape index (κ2) is 9.01. The van der Waals surface area contributed by atoms with Gasteiger partial charge in [-0.15, -0.1) is 0 Å². The van der Waals surface area contributed by atoms with Crippen molar-refractivity contribution in [2.24, 2.45) is 0 Å². The minimum absolute atomic E-state index is 0.346. The third-order valence-electron chi connectivity index (χ3n) is 3.69. The predicted molar refractivity (Wildman–Crippen MR) is 101 cm³/mol. The van der Waals surface area contributed by atoms with Crippen LogP contribution in [0, 0.1) is 6.92 Å². The van der Waals surface area contributed by atoms with E-state index in [-0.39, 0.29) is 5.97 Å². The molecule has 1 N–H and O–H groups in total. The molecule has 0 spiro atoms. The van der Waals surface area contributed by atoms with Crippen LogP contribution in [0.15, 0.2) is 30.3 Å². The molecule has 6 heteroatoms. The van der Waals surface area contributed by atoms with E-state index in [1.807, 2.05) is 25.1 Å². The molecule has 0 amide bonds. The monoisotopic (exact) mass is 342 g/mol. The molecule has 0 saturated carbocycles. The Hall–Kier alpha value is -2.63. The molecule has 0 atom stereocenters. The summed E-state index contributed by atoms with van der Waals surface area (Å²) in [7, 11) is 1.37. The summed E-state index contributed by atoms with van der Waals surface area (Å²) in [5, 5.41) is 3.28. The number of aromatic nitrogens is 2. The zero-order chi connectivity index (χ0) is 18.2. The number of anilines is 3. The first-order valence-electron chi connectivity index (χ1n) is 8.63. The number of benzene rings is 1. The second-order valence-electron chi connectivity index (χ2n) is 5.88. The number of methoxy groups -OCH3 is 1. The van der Waals surface area contributed by atoms with Gasteiger partial charge < -0.3 is 15.0 Å². The van der Waals surface area contributed by atoms with Crippen LogP contribution in [-0.4, -0.2) is 36.1 Å². The highest BCUT2D eigenvalue weighted by molar-refractivity contribution is 5.89. The van der Waals surface area contributed by atoms with Gasteiger partial charge in [0, 0.05) is 30.5 Å². The normalized spacial score (nSPS) is 10.4. The van der Waals surface area contributed by atoms with Crippen LogP contribution in [0.3, 0.4) is 0 Å². The summed E-state index contributed by atoms with van der Waals surface area (Å²) in [6.07, 6.45) is 2.10. The molecule has 1 heterocycles. The highest BCUT2D eigenvalue weighted by atomic mass is 16.5. The predicted octanol–water partition coefficient (Wildman–Crippen LogP) is 3.94. The molecule has 1 aromatic heterocycles. The number of hydrogen-bond acceptors (Lipinski definition) is 6. The summed E-state index contributed by atoms with van der Waals surface area (Å²) >= 11 is 0. The van der Waals surface area contributed by atoms with Crippen LogP contribution < -0.4 is 10.2 Å². The van der Waals surface area contributed by atoms with E-state index in [1.54, 1.807) is 12.1 Å². The van der Waals surface area contributed by atoms with Crippen molar-refractivity contribution in [3.05, 3.63) is 41.6 Å². The van der Waals surface area contributed by atoms with E-state index in [4.69, 9.17) is 4.74 Å². The topological polar surface area (TPSA) is 67.4 Å². The zero-order valence-electron chi connectivity index (χ0n) is 15.4. The number of ether oxygens (including phenoxy) is 1. The fraction of sp³-hybridized carbons (Fsp3) is 0.421. The SMILES string of the molecule is CCCN(CCC)c1nc(C)cc(Nc2ccc(C(=O)OC)cc2)n1. The fourth-order valence-electron chi connectivity index (χ4n) is 2.57. The molecule has 134 valence electrons. The van der Waals surface area contributed by atoms with Gasteiger partial charge in [0.1, 0.15) is 5.82 Å². The van der Waals surface area contributed by atoms with E-state index in [9.17, 15) is 4.79 Å². The summed E-state index contributed by atoms with van der Waals surface area (Å²) < 4.78 is 4.71. The largest absolute Gasteiger partial charge is 0.465 e. The van der Waals surface area contributed by atoms with Crippen molar-refractivity contribution in [3.8, 4) is 0 Å². The number of rotatable bonds is 8. The molecule has 0 aliphatic heterocycles. The maximum absolute atomic E-state index is 11.5. The fourth-order valence-corrected chi connectivity index (χ4v) is 2.57. The maximum atomic E-state index is 11.5. The number of nitrogens with zero attached hydrogens (tertiary/aromatic N) is 3. The van der Waals surface area contributed by atoms with Gasteiger partial charge in [0.25, 0.3) is 0 Å². The summed E-state index contributed by atoms with van der Waals surface area (Å²) in [5.74, 6) is 1.14. The van der Waals surface area contributed by atoms with Crippen molar-refractivity contribution in [1.29, 1.82) is 0 Å². The van der Waals surface area contributed by atoms with Crippen molar-refractivity contribution in [1.82, 2.24) is 9.97 Å². The molecule has 0 aliphatic rings. The molecule has 6 nitrogen and oxygen atoms in total. The number of carbonyl (C=O) groups is 1. The van der Waals surface area contributed by atoms with Crippen LogP contribution in [0.4, 0.5) is 17.5 Å². The number of carbonyl (C=O) groups excluding carboxylic acids is 1. The molecule has 0 unspecified atom stereocenters. The van der Waals surface area contributed by atoms with E-state index < -0.39 is 0 Å². The lowest BCUT2D eigenvalue weighted by atomic mass is 10.2. The van der Waals surface area contributed by atoms with Crippen LogP contribution >= 0.6 is 0 Å².